The van der Waals surface area contributed by atoms with Crippen LogP contribution in [0.5, 0.6) is 0 Å². The van der Waals surface area contributed by atoms with Crippen LogP contribution in [0.1, 0.15) is 42.6 Å². The monoisotopic (exact) mass is 227 g/mol. The standard InChI is InChI=1S/C16H21N/c1-11(2)14-6-5-7-15(10-14)16-9-12(3)8-13(4)17-16/h5,7-9,14-15H,1,6,10H2,2-4H3. The molecule has 2 unspecified atom stereocenters. The predicted octanol–water partition coefficient (Wildman–Crippen LogP) is 4.32. The van der Waals surface area contributed by atoms with Crippen LogP contribution in [0.4, 0.5) is 0 Å². The Labute approximate surface area is 104 Å². The summed E-state index contributed by atoms with van der Waals surface area (Å²) in [6, 6.07) is 4.34. The first-order valence-electron chi connectivity index (χ1n) is 6.33. The highest BCUT2D eigenvalue weighted by Gasteiger charge is 2.20. The molecule has 2 rings (SSSR count). The van der Waals surface area contributed by atoms with Crippen molar-refractivity contribution in [3.8, 4) is 0 Å². The molecule has 17 heavy (non-hydrogen) atoms. The molecule has 0 fully saturated rings. The van der Waals surface area contributed by atoms with Gasteiger partial charge in [0.2, 0.25) is 0 Å². The van der Waals surface area contributed by atoms with Crippen molar-refractivity contribution in [2.75, 3.05) is 0 Å². The highest BCUT2D eigenvalue weighted by Crippen LogP contribution is 2.34. The second kappa shape index (κ2) is 4.87. The first kappa shape index (κ1) is 12.1. The Bertz CT molecular complexity index is 436. The molecular weight excluding hydrogens is 206 g/mol. The van der Waals surface area contributed by atoms with Crippen molar-refractivity contribution in [1.29, 1.82) is 0 Å². The minimum absolute atomic E-state index is 0.462. The number of hydrogen-bond donors (Lipinski definition) is 0. The van der Waals surface area contributed by atoms with Crippen molar-refractivity contribution in [2.24, 2.45) is 5.92 Å². The van der Waals surface area contributed by atoms with Crippen molar-refractivity contribution in [3.05, 3.63) is 53.4 Å². The smallest absolute Gasteiger partial charge is 0.0478 e. The quantitative estimate of drug-likeness (QED) is 0.685. The summed E-state index contributed by atoms with van der Waals surface area (Å²) in [7, 11) is 0. The molecule has 2 atom stereocenters. The summed E-state index contributed by atoms with van der Waals surface area (Å²) in [6.45, 7) is 10.4. The van der Waals surface area contributed by atoms with Crippen molar-refractivity contribution in [1.82, 2.24) is 4.98 Å². The van der Waals surface area contributed by atoms with Crippen LogP contribution in [0.2, 0.25) is 0 Å². The molecule has 0 N–H and O–H groups in total. The molecule has 1 aliphatic carbocycles. The van der Waals surface area contributed by atoms with Gasteiger partial charge in [-0.05, 0) is 57.2 Å². The summed E-state index contributed by atoms with van der Waals surface area (Å²) in [5.74, 6) is 1.08. The van der Waals surface area contributed by atoms with Gasteiger partial charge in [0.25, 0.3) is 0 Å². The topological polar surface area (TPSA) is 12.9 Å². The number of allylic oxidation sites excluding steroid dienone is 3. The van der Waals surface area contributed by atoms with Gasteiger partial charge in [-0.25, -0.2) is 0 Å². The van der Waals surface area contributed by atoms with Crippen molar-refractivity contribution in [3.63, 3.8) is 0 Å². The van der Waals surface area contributed by atoms with E-state index in [0.29, 0.717) is 11.8 Å². The van der Waals surface area contributed by atoms with E-state index in [0.717, 1.165) is 18.5 Å². The van der Waals surface area contributed by atoms with Crippen LogP contribution in [-0.2, 0) is 0 Å². The first-order chi connectivity index (χ1) is 8.06. The first-order valence-corrected chi connectivity index (χ1v) is 6.33. The van der Waals surface area contributed by atoms with E-state index in [1.54, 1.807) is 0 Å². The third-order valence-electron chi connectivity index (χ3n) is 3.52. The van der Waals surface area contributed by atoms with E-state index in [1.807, 2.05) is 0 Å². The number of nitrogens with zero attached hydrogens (tertiary/aromatic N) is 1. The SMILES string of the molecule is C=C(C)C1CC=CC(c2cc(C)cc(C)n2)C1. The van der Waals surface area contributed by atoms with E-state index in [2.05, 4.69) is 56.6 Å². The van der Waals surface area contributed by atoms with E-state index >= 15 is 0 Å². The van der Waals surface area contributed by atoms with Gasteiger partial charge in [0, 0.05) is 17.3 Å². The maximum atomic E-state index is 4.67. The average molecular weight is 227 g/mol. The van der Waals surface area contributed by atoms with Crippen LogP contribution in [0.25, 0.3) is 0 Å². The lowest BCUT2D eigenvalue weighted by Gasteiger charge is -2.25. The van der Waals surface area contributed by atoms with Crippen LogP contribution in [0, 0.1) is 19.8 Å². The molecule has 1 aromatic heterocycles. The molecule has 1 aliphatic rings. The van der Waals surface area contributed by atoms with Gasteiger partial charge < -0.3 is 0 Å². The largest absolute Gasteiger partial charge is 0.258 e. The zero-order valence-electron chi connectivity index (χ0n) is 11.0. The highest BCUT2D eigenvalue weighted by atomic mass is 14.7. The van der Waals surface area contributed by atoms with Crippen LogP contribution < -0.4 is 0 Å². The Kier molecular flexibility index (Phi) is 3.46. The number of aromatic nitrogens is 1. The third kappa shape index (κ3) is 2.85. The summed E-state index contributed by atoms with van der Waals surface area (Å²) in [5.41, 5.74) is 4.93. The van der Waals surface area contributed by atoms with Gasteiger partial charge >= 0.3 is 0 Å². The number of pyridine rings is 1. The number of aryl methyl sites for hydroxylation is 2. The van der Waals surface area contributed by atoms with Crippen LogP contribution in [0.15, 0.2) is 36.4 Å². The highest BCUT2D eigenvalue weighted by molar-refractivity contribution is 5.26. The molecule has 0 saturated heterocycles. The fourth-order valence-electron chi connectivity index (χ4n) is 2.57. The molecule has 0 aromatic carbocycles. The molecule has 0 bridgehead atoms. The summed E-state index contributed by atoms with van der Waals surface area (Å²) in [6.07, 6.45) is 6.88. The lowest BCUT2D eigenvalue weighted by molar-refractivity contribution is 0.507. The molecular formula is C16H21N. The molecule has 1 nitrogen and oxygen atoms in total. The van der Waals surface area contributed by atoms with Gasteiger partial charge in [-0.15, -0.1) is 0 Å². The van der Waals surface area contributed by atoms with E-state index in [9.17, 15) is 0 Å². The van der Waals surface area contributed by atoms with E-state index < -0.39 is 0 Å². The maximum Gasteiger partial charge on any atom is 0.0478 e. The second-order valence-corrected chi connectivity index (χ2v) is 5.26. The maximum absolute atomic E-state index is 4.67. The summed E-state index contributed by atoms with van der Waals surface area (Å²) >= 11 is 0. The van der Waals surface area contributed by atoms with E-state index in [-0.39, 0.29) is 0 Å². The van der Waals surface area contributed by atoms with Crippen LogP contribution >= 0.6 is 0 Å². The van der Waals surface area contributed by atoms with Crippen molar-refractivity contribution < 1.29 is 0 Å². The van der Waals surface area contributed by atoms with Gasteiger partial charge in [-0.1, -0.05) is 24.3 Å². The van der Waals surface area contributed by atoms with Crippen molar-refractivity contribution in [2.45, 2.75) is 39.5 Å². The normalized spacial score (nSPS) is 23.7. The second-order valence-electron chi connectivity index (χ2n) is 5.26. The van der Waals surface area contributed by atoms with E-state index in [4.69, 9.17) is 0 Å². The molecule has 1 heteroatoms. The molecule has 1 heterocycles. The number of hydrogen-bond acceptors (Lipinski definition) is 1. The fraction of sp³-hybridized carbons (Fsp3) is 0.438. The molecule has 1 aromatic rings. The van der Waals surface area contributed by atoms with Gasteiger partial charge in [-0.3, -0.25) is 4.98 Å². The summed E-state index contributed by atoms with van der Waals surface area (Å²) in [5, 5.41) is 0. The van der Waals surface area contributed by atoms with Gasteiger partial charge in [0.1, 0.15) is 0 Å². The lowest BCUT2D eigenvalue weighted by Crippen LogP contribution is -2.12. The molecule has 0 spiro atoms. The average Bonchev–Trinajstić information content (AvgIpc) is 2.28. The van der Waals surface area contributed by atoms with Crippen LogP contribution in [-0.4, -0.2) is 4.98 Å². The molecule has 0 aliphatic heterocycles. The molecule has 90 valence electrons. The minimum atomic E-state index is 0.462. The lowest BCUT2D eigenvalue weighted by atomic mass is 9.81. The van der Waals surface area contributed by atoms with Crippen molar-refractivity contribution >= 4 is 0 Å². The zero-order valence-corrected chi connectivity index (χ0v) is 11.0. The van der Waals surface area contributed by atoms with Crippen LogP contribution in [0.3, 0.4) is 0 Å². The minimum Gasteiger partial charge on any atom is -0.258 e. The number of rotatable bonds is 2. The van der Waals surface area contributed by atoms with Gasteiger partial charge in [0.05, 0.1) is 0 Å². The zero-order chi connectivity index (χ0) is 12.4. The predicted molar refractivity (Wildman–Crippen MR) is 73.1 cm³/mol. The Hall–Kier alpha value is -1.37. The Morgan fingerprint density at radius 1 is 1.35 bits per heavy atom. The van der Waals surface area contributed by atoms with Gasteiger partial charge in [0.15, 0.2) is 0 Å². The summed E-state index contributed by atoms with van der Waals surface area (Å²) < 4.78 is 0. The Morgan fingerprint density at radius 2 is 2.12 bits per heavy atom. The van der Waals surface area contributed by atoms with E-state index in [1.165, 1.54) is 16.8 Å². The summed E-state index contributed by atoms with van der Waals surface area (Å²) in [4.78, 5) is 4.67. The molecule has 0 saturated carbocycles. The molecule has 0 amide bonds. The Morgan fingerprint density at radius 3 is 2.76 bits per heavy atom. The molecule has 0 radical (unpaired) electrons. The fourth-order valence-corrected chi connectivity index (χ4v) is 2.57. The van der Waals surface area contributed by atoms with Gasteiger partial charge in [-0.2, -0.15) is 0 Å². The Balaban J connectivity index is 2.25. The third-order valence-corrected chi connectivity index (χ3v) is 3.52.